The van der Waals surface area contributed by atoms with E-state index in [4.69, 9.17) is 0 Å². The molecule has 136 valence electrons. The van der Waals surface area contributed by atoms with E-state index in [-0.39, 0.29) is 5.82 Å². The summed E-state index contributed by atoms with van der Waals surface area (Å²) in [4.78, 5) is 6.62. The van der Waals surface area contributed by atoms with E-state index in [9.17, 15) is 4.39 Å². The second kappa shape index (κ2) is 7.07. The Kier molecular flexibility index (Phi) is 4.46. The summed E-state index contributed by atoms with van der Waals surface area (Å²) in [7, 11) is 4.04. The SMILES string of the molecule is CN(C)c1ccccc1-c1cnn2c(NCc3ccc(F)cc3)ccnc12. The van der Waals surface area contributed by atoms with Crippen LogP contribution in [0.3, 0.4) is 0 Å². The van der Waals surface area contributed by atoms with Crippen molar-refractivity contribution >= 4 is 17.2 Å². The van der Waals surface area contributed by atoms with Gasteiger partial charge >= 0.3 is 0 Å². The summed E-state index contributed by atoms with van der Waals surface area (Å²) < 4.78 is 14.9. The van der Waals surface area contributed by atoms with Crippen molar-refractivity contribution in [1.82, 2.24) is 14.6 Å². The Morgan fingerprint density at radius 3 is 2.56 bits per heavy atom. The summed E-state index contributed by atoms with van der Waals surface area (Å²) in [6.07, 6.45) is 3.61. The van der Waals surface area contributed by atoms with Gasteiger partial charge in [-0.05, 0) is 29.8 Å². The first-order chi connectivity index (χ1) is 13.1. The van der Waals surface area contributed by atoms with Crippen LogP contribution in [0.25, 0.3) is 16.8 Å². The average Bonchev–Trinajstić information content (AvgIpc) is 3.12. The highest BCUT2D eigenvalue weighted by atomic mass is 19.1. The Morgan fingerprint density at radius 2 is 1.78 bits per heavy atom. The van der Waals surface area contributed by atoms with Crippen LogP contribution >= 0.6 is 0 Å². The zero-order valence-corrected chi connectivity index (χ0v) is 15.2. The van der Waals surface area contributed by atoms with Gasteiger partial charge in [-0.1, -0.05) is 30.3 Å². The Bertz CT molecular complexity index is 1070. The number of rotatable bonds is 5. The first kappa shape index (κ1) is 17.0. The van der Waals surface area contributed by atoms with Crippen LogP contribution in [0, 0.1) is 5.82 Å². The molecule has 0 bridgehead atoms. The molecule has 0 radical (unpaired) electrons. The Balaban J connectivity index is 1.69. The van der Waals surface area contributed by atoms with Crippen molar-refractivity contribution in [3.63, 3.8) is 0 Å². The van der Waals surface area contributed by atoms with E-state index in [1.165, 1.54) is 12.1 Å². The standard InChI is InChI=1S/C21H20FN5/c1-26(2)19-6-4-3-5-17(19)18-14-25-27-20(11-12-23-21(18)27)24-13-15-7-9-16(22)10-8-15/h3-12,14,24H,13H2,1-2H3. The lowest BCUT2D eigenvalue weighted by molar-refractivity contribution is 0.627. The lowest BCUT2D eigenvalue weighted by Gasteiger charge is -2.16. The summed E-state index contributed by atoms with van der Waals surface area (Å²) in [6, 6.07) is 16.5. The lowest BCUT2D eigenvalue weighted by atomic mass is 10.1. The van der Waals surface area contributed by atoms with Crippen molar-refractivity contribution in [3.05, 3.63) is 78.4 Å². The summed E-state index contributed by atoms with van der Waals surface area (Å²) >= 11 is 0. The van der Waals surface area contributed by atoms with Crippen LogP contribution in [0.1, 0.15) is 5.56 Å². The van der Waals surface area contributed by atoms with Crippen molar-refractivity contribution in [1.29, 1.82) is 0 Å². The van der Waals surface area contributed by atoms with Gasteiger partial charge in [0.2, 0.25) is 0 Å². The average molecular weight is 361 g/mol. The molecule has 1 N–H and O–H groups in total. The van der Waals surface area contributed by atoms with Crippen LogP contribution < -0.4 is 10.2 Å². The molecule has 0 spiro atoms. The van der Waals surface area contributed by atoms with Gasteiger partial charge in [0, 0.05) is 43.7 Å². The number of nitrogens with one attached hydrogen (secondary N) is 1. The normalized spacial score (nSPS) is 10.9. The molecule has 0 aliphatic rings. The molecule has 0 atom stereocenters. The van der Waals surface area contributed by atoms with Gasteiger partial charge in [0.15, 0.2) is 5.65 Å². The third-order valence-electron chi connectivity index (χ3n) is 4.46. The van der Waals surface area contributed by atoms with Crippen LogP contribution in [0.2, 0.25) is 0 Å². The quantitative estimate of drug-likeness (QED) is 0.578. The Hall–Kier alpha value is -3.41. The number of benzene rings is 2. The van der Waals surface area contributed by atoms with Gasteiger partial charge in [-0.25, -0.2) is 9.37 Å². The lowest BCUT2D eigenvalue weighted by Crippen LogP contribution is -2.09. The second-order valence-electron chi connectivity index (χ2n) is 6.52. The molecule has 4 aromatic rings. The predicted molar refractivity (Wildman–Crippen MR) is 106 cm³/mol. The topological polar surface area (TPSA) is 45.5 Å². The molecule has 0 aliphatic heterocycles. The molecular formula is C21H20FN5. The van der Waals surface area contributed by atoms with E-state index < -0.39 is 0 Å². The molecule has 5 nitrogen and oxygen atoms in total. The molecule has 0 aliphatic carbocycles. The van der Waals surface area contributed by atoms with Crippen LogP contribution in [-0.2, 0) is 6.54 Å². The van der Waals surface area contributed by atoms with Gasteiger partial charge in [-0.3, -0.25) is 0 Å². The molecule has 0 unspecified atom stereocenters. The number of hydrogen-bond acceptors (Lipinski definition) is 4. The Labute approximate surface area is 157 Å². The maximum Gasteiger partial charge on any atom is 0.165 e. The summed E-state index contributed by atoms with van der Waals surface area (Å²) in [5.74, 6) is 0.597. The van der Waals surface area contributed by atoms with Crippen molar-refractivity contribution in [2.75, 3.05) is 24.3 Å². The zero-order chi connectivity index (χ0) is 18.8. The fourth-order valence-electron chi connectivity index (χ4n) is 3.10. The predicted octanol–water partition coefficient (Wildman–Crippen LogP) is 4.21. The second-order valence-corrected chi connectivity index (χ2v) is 6.52. The van der Waals surface area contributed by atoms with Gasteiger partial charge in [0.25, 0.3) is 0 Å². The largest absolute Gasteiger partial charge is 0.377 e. The maximum absolute atomic E-state index is 13.1. The molecule has 2 heterocycles. The molecule has 2 aromatic heterocycles. The van der Waals surface area contributed by atoms with Crippen molar-refractivity contribution in [3.8, 4) is 11.1 Å². The van der Waals surface area contributed by atoms with Gasteiger partial charge in [0.1, 0.15) is 11.6 Å². The molecule has 27 heavy (non-hydrogen) atoms. The summed E-state index contributed by atoms with van der Waals surface area (Å²) in [6.45, 7) is 0.572. The van der Waals surface area contributed by atoms with Gasteiger partial charge < -0.3 is 10.2 Å². The molecule has 4 rings (SSSR count). The van der Waals surface area contributed by atoms with Crippen LogP contribution in [0.4, 0.5) is 15.9 Å². The summed E-state index contributed by atoms with van der Waals surface area (Å²) in [5, 5.41) is 7.89. The minimum absolute atomic E-state index is 0.235. The summed E-state index contributed by atoms with van der Waals surface area (Å²) in [5.41, 5.74) is 4.95. The minimum Gasteiger partial charge on any atom is -0.377 e. The number of anilines is 2. The molecule has 0 saturated carbocycles. The van der Waals surface area contributed by atoms with Crippen molar-refractivity contribution < 1.29 is 4.39 Å². The first-order valence-corrected chi connectivity index (χ1v) is 8.71. The van der Waals surface area contributed by atoms with Gasteiger partial charge in [-0.15, -0.1) is 0 Å². The van der Waals surface area contributed by atoms with E-state index in [0.29, 0.717) is 6.54 Å². The number of fused-ring (bicyclic) bond motifs is 1. The van der Waals surface area contributed by atoms with Crippen molar-refractivity contribution in [2.45, 2.75) is 6.54 Å². The van der Waals surface area contributed by atoms with Crippen LogP contribution in [0.5, 0.6) is 0 Å². The number of aromatic nitrogens is 3. The Morgan fingerprint density at radius 1 is 1.00 bits per heavy atom. The number of para-hydroxylation sites is 1. The van der Waals surface area contributed by atoms with Gasteiger partial charge in [0.05, 0.1) is 6.20 Å². The van der Waals surface area contributed by atoms with Crippen LogP contribution in [0.15, 0.2) is 67.0 Å². The number of hydrogen-bond donors (Lipinski definition) is 1. The van der Waals surface area contributed by atoms with E-state index in [1.54, 1.807) is 22.8 Å². The smallest absolute Gasteiger partial charge is 0.165 e. The van der Waals surface area contributed by atoms with E-state index in [0.717, 1.165) is 33.8 Å². The highest BCUT2D eigenvalue weighted by Gasteiger charge is 2.14. The monoisotopic (exact) mass is 361 g/mol. The fourth-order valence-corrected chi connectivity index (χ4v) is 3.10. The molecule has 2 aromatic carbocycles. The highest BCUT2D eigenvalue weighted by molar-refractivity contribution is 5.86. The van der Waals surface area contributed by atoms with E-state index in [2.05, 4.69) is 32.4 Å². The first-order valence-electron chi connectivity index (χ1n) is 8.71. The number of nitrogens with zero attached hydrogens (tertiary/aromatic N) is 4. The third-order valence-corrected chi connectivity index (χ3v) is 4.46. The molecule has 0 amide bonds. The van der Waals surface area contributed by atoms with E-state index >= 15 is 0 Å². The minimum atomic E-state index is -0.235. The van der Waals surface area contributed by atoms with Crippen molar-refractivity contribution in [2.24, 2.45) is 0 Å². The molecule has 6 heteroatoms. The van der Waals surface area contributed by atoms with E-state index in [1.807, 2.05) is 38.5 Å². The number of halogens is 1. The highest BCUT2D eigenvalue weighted by Crippen LogP contribution is 2.32. The molecular weight excluding hydrogens is 341 g/mol. The molecule has 0 saturated heterocycles. The van der Waals surface area contributed by atoms with Crippen LogP contribution in [-0.4, -0.2) is 28.7 Å². The third kappa shape index (κ3) is 3.33. The molecule has 0 fully saturated rings. The van der Waals surface area contributed by atoms with Gasteiger partial charge in [-0.2, -0.15) is 9.61 Å². The fraction of sp³-hybridized carbons (Fsp3) is 0.143. The zero-order valence-electron chi connectivity index (χ0n) is 15.2. The maximum atomic E-state index is 13.1.